The lowest BCUT2D eigenvalue weighted by Crippen LogP contribution is -2.36. The van der Waals surface area contributed by atoms with Gasteiger partial charge in [-0.3, -0.25) is 9.59 Å². The number of benzene rings is 1. The monoisotopic (exact) mass is 279 g/mol. The number of nitrogens with one attached hydrogen (secondary N) is 1. The molecule has 0 saturated heterocycles. The van der Waals surface area contributed by atoms with Gasteiger partial charge in [0.05, 0.1) is 6.54 Å². The summed E-state index contributed by atoms with van der Waals surface area (Å²) in [6.07, 6.45) is 3.06. The van der Waals surface area contributed by atoms with Gasteiger partial charge in [0.1, 0.15) is 5.75 Å². The SMILES string of the molecule is NCCCCc1ccc(OCC(=O)NCC(N)=O)cc1. The smallest absolute Gasteiger partial charge is 0.258 e. The van der Waals surface area contributed by atoms with Crippen LogP contribution in [0.4, 0.5) is 0 Å². The Bertz CT molecular complexity index is 432. The lowest BCUT2D eigenvalue weighted by atomic mass is 10.1. The quantitative estimate of drug-likeness (QED) is 0.551. The summed E-state index contributed by atoms with van der Waals surface area (Å²) >= 11 is 0. The fourth-order valence-electron chi connectivity index (χ4n) is 1.61. The van der Waals surface area contributed by atoms with Gasteiger partial charge in [-0.15, -0.1) is 0 Å². The van der Waals surface area contributed by atoms with Crippen molar-refractivity contribution in [3.63, 3.8) is 0 Å². The van der Waals surface area contributed by atoms with Crippen molar-refractivity contribution in [3.05, 3.63) is 29.8 Å². The summed E-state index contributed by atoms with van der Waals surface area (Å²) in [5.74, 6) is -0.349. The number of ether oxygens (including phenoxy) is 1. The van der Waals surface area contributed by atoms with Crippen LogP contribution >= 0.6 is 0 Å². The third-order valence-electron chi connectivity index (χ3n) is 2.67. The van der Waals surface area contributed by atoms with Crippen LogP contribution in [0.5, 0.6) is 5.75 Å². The molecule has 2 amide bonds. The Morgan fingerprint density at radius 1 is 1.15 bits per heavy atom. The number of unbranched alkanes of at least 4 members (excludes halogenated alkanes) is 1. The summed E-state index contributed by atoms with van der Waals surface area (Å²) in [6.45, 7) is 0.393. The second kappa shape index (κ2) is 8.92. The van der Waals surface area contributed by atoms with Gasteiger partial charge in [-0.05, 0) is 43.5 Å². The highest BCUT2D eigenvalue weighted by Crippen LogP contribution is 2.13. The van der Waals surface area contributed by atoms with Crippen LogP contribution in [0.25, 0.3) is 0 Å². The van der Waals surface area contributed by atoms with Gasteiger partial charge in [0.2, 0.25) is 5.91 Å². The first-order valence-corrected chi connectivity index (χ1v) is 6.58. The van der Waals surface area contributed by atoms with Crippen LogP contribution in [0.3, 0.4) is 0 Å². The molecule has 0 unspecified atom stereocenters. The third kappa shape index (κ3) is 6.75. The zero-order valence-corrected chi connectivity index (χ0v) is 11.4. The summed E-state index contributed by atoms with van der Waals surface area (Å²) in [7, 11) is 0. The minimum absolute atomic E-state index is 0.139. The van der Waals surface area contributed by atoms with Crippen molar-refractivity contribution in [2.75, 3.05) is 19.7 Å². The van der Waals surface area contributed by atoms with Crippen molar-refractivity contribution in [2.45, 2.75) is 19.3 Å². The normalized spacial score (nSPS) is 10.1. The van der Waals surface area contributed by atoms with E-state index in [0.717, 1.165) is 19.3 Å². The molecule has 1 aromatic carbocycles. The highest BCUT2D eigenvalue weighted by atomic mass is 16.5. The van der Waals surface area contributed by atoms with Crippen molar-refractivity contribution in [1.82, 2.24) is 5.32 Å². The van der Waals surface area contributed by atoms with Gasteiger partial charge in [-0.2, -0.15) is 0 Å². The van der Waals surface area contributed by atoms with Crippen molar-refractivity contribution in [1.29, 1.82) is 0 Å². The lowest BCUT2D eigenvalue weighted by molar-refractivity contribution is -0.126. The number of primary amides is 1. The molecule has 0 saturated carbocycles. The van der Waals surface area contributed by atoms with Gasteiger partial charge in [-0.1, -0.05) is 12.1 Å². The van der Waals surface area contributed by atoms with E-state index in [4.69, 9.17) is 16.2 Å². The summed E-state index contributed by atoms with van der Waals surface area (Å²) in [5.41, 5.74) is 11.6. The molecule has 0 aliphatic carbocycles. The molecule has 5 N–H and O–H groups in total. The molecule has 6 nitrogen and oxygen atoms in total. The average molecular weight is 279 g/mol. The molecule has 0 spiro atoms. The summed E-state index contributed by atoms with van der Waals surface area (Å²) in [4.78, 5) is 21.8. The van der Waals surface area contributed by atoms with Crippen LogP contribution in [0.15, 0.2) is 24.3 Å². The van der Waals surface area contributed by atoms with E-state index in [1.807, 2.05) is 24.3 Å². The minimum Gasteiger partial charge on any atom is -0.484 e. The molecule has 20 heavy (non-hydrogen) atoms. The molecule has 6 heteroatoms. The standard InChI is InChI=1S/C14H21N3O3/c15-8-2-1-3-11-4-6-12(7-5-11)20-10-14(19)17-9-13(16)18/h4-7H,1-3,8-10,15H2,(H2,16,18)(H,17,19). The first kappa shape index (κ1) is 16.0. The summed E-state index contributed by atoms with van der Waals surface area (Å²) in [5, 5.41) is 2.35. The number of carbonyl (C=O) groups is 2. The number of amides is 2. The minimum atomic E-state index is -0.583. The van der Waals surface area contributed by atoms with E-state index in [2.05, 4.69) is 5.32 Å². The van der Waals surface area contributed by atoms with Crippen molar-refractivity contribution in [3.8, 4) is 5.75 Å². The molecule has 1 rings (SSSR count). The predicted molar refractivity (Wildman–Crippen MR) is 76.1 cm³/mol. The fourth-order valence-corrected chi connectivity index (χ4v) is 1.61. The van der Waals surface area contributed by atoms with Gasteiger partial charge < -0.3 is 21.5 Å². The molecule has 1 aromatic rings. The van der Waals surface area contributed by atoms with Crippen LogP contribution in [0, 0.1) is 0 Å². The molecule has 0 aromatic heterocycles. The third-order valence-corrected chi connectivity index (χ3v) is 2.67. The first-order valence-electron chi connectivity index (χ1n) is 6.58. The Kier molecular flexibility index (Phi) is 7.13. The van der Waals surface area contributed by atoms with Gasteiger partial charge in [0, 0.05) is 0 Å². The van der Waals surface area contributed by atoms with E-state index >= 15 is 0 Å². The number of hydrogen-bond acceptors (Lipinski definition) is 4. The first-order chi connectivity index (χ1) is 9.61. The molecule has 0 radical (unpaired) electrons. The van der Waals surface area contributed by atoms with Crippen LogP contribution < -0.4 is 21.5 Å². The highest BCUT2D eigenvalue weighted by molar-refractivity contribution is 5.84. The van der Waals surface area contributed by atoms with Crippen LogP contribution in [0.2, 0.25) is 0 Å². The molecular formula is C14H21N3O3. The number of rotatable bonds is 9. The van der Waals surface area contributed by atoms with Gasteiger partial charge >= 0.3 is 0 Å². The molecule has 0 atom stereocenters. The topological polar surface area (TPSA) is 107 Å². The van der Waals surface area contributed by atoms with Crippen molar-refractivity contribution < 1.29 is 14.3 Å². The molecule has 110 valence electrons. The number of aryl methyl sites for hydroxylation is 1. The number of nitrogens with two attached hydrogens (primary N) is 2. The van der Waals surface area contributed by atoms with Gasteiger partial charge in [0.15, 0.2) is 6.61 Å². The molecule has 0 fully saturated rings. The Morgan fingerprint density at radius 3 is 2.45 bits per heavy atom. The van der Waals surface area contributed by atoms with Crippen LogP contribution in [-0.2, 0) is 16.0 Å². The molecule has 0 heterocycles. The van der Waals surface area contributed by atoms with Gasteiger partial charge in [-0.25, -0.2) is 0 Å². The van der Waals surface area contributed by atoms with E-state index in [1.165, 1.54) is 5.56 Å². The lowest BCUT2D eigenvalue weighted by Gasteiger charge is -2.07. The van der Waals surface area contributed by atoms with E-state index in [-0.39, 0.29) is 19.1 Å². The Hall–Kier alpha value is -2.08. The van der Waals surface area contributed by atoms with Crippen molar-refractivity contribution >= 4 is 11.8 Å². The Morgan fingerprint density at radius 2 is 1.85 bits per heavy atom. The van der Waals surface area contributed by atoms with E-state index in [9.17, 15) is 9.59 Å². The maximum atomic E-state index is 11.3. The zero-order valence-electron chi connectivity index (χ0n) is 11.4. The molecule has 0 aliphatic heterocycles. The number of carbonyl (C=O) groups excluding carboxylic acids is 2. The van der Waals surface area contributed by atoms with E-state index in [1.54, 1.807) is 0 Å². The zero-order chi connectivity index (χ0) is 14.8. The van der Waals surface area contributed by atoms with Crippen molar-refractivity contribution in [2.24, 2.45) is 11.5 Å². The maximum absolute atomic E-state index is 11.3. The highest BCUT2D eigenvalue weighted by Gasteiger charge is 2.04. The predicted octanol–water partition coefficient (Wildman–Crippen LogP) is -0.0517. The van der Waals surface area contributed by atoms with E-state index in [0.29, 0.717) is 12.3 Å². The van der Waals surface area contributed by atoms with Crippen LogP contribution in [0.1, 0.15) is 18.4 Å². The summed E-state index contributed by atoms with van der Waals surface area (Å²) in [6, 6.07) is 7.57. The maximum Gasteiger partial charge on any atom is 0.258 e. The largest absolute Gasteiger partial charge is 0.484 e. The van der Waals surface area contributed by atoms with E-state index < -0.39 is 5.91 Å². The molecule has 0 bridgehead atoms. The Labute approximate surface area is 118 Å². The Balaban J connectivity index is 2.30. The van der Waals surface area contributed by atoms with Gasteiger partial charge in [0.25, 0.3) is 5.91 Å². The average Bonchev–Trinajstić information content (AvgIpc) is 2.44. The molecular weight excluding hydrogens is 258 g/mol. The summed E-state index contributed by atoms with van der Waals surface area (Å²) < 4.78 is 5.30. The second-order valence-electron chi connectivity index (χ2n) is 4.42. The van der Waals surface area contributed by atoms with Crippen LogP contribution in [-0.4, -0.2) is 31.5 Å². The fraction of sp³-hybridized carbons (Fsp3) is 0.429. The molecule has 0 aliphatic rings. The number of hydrogen-bond donors (Lipinski definition) is 3. The second-order valence-corrected chi connectivity index (χ2v) is 4.42.